The highest BCUT2D eigenvalue weighted by Gasteiger charge is 2.28. The molecule has 0 atom stereocenters. The van der Waals surface area contributed by atoms with Crippen LogP contribution in [-0.2, 0) is 0 Å². The first-order valence-corrected chi connectivity index (χ1v) is 10.2. The topological polar surface area (TPSA) is 69.9 Å². The van der Waals surface area contributed by atoms with Crippen molar-refractivity contribution in [2.75, 3.05) is 49.1 Å². The Bertz CT molecular complexity index is 922. The Morgan fingerprint density at radius 1 is 0.931 bits per heavy atom. The van der Waals surface area contributed by atoms with Crippen LogP contribution in [0.3, 0.4) is 0 Å². The van der Waals surface area contributed by atoms with Crippen LogP contribution in [0, 0.1) is 10.1 Å². The van der Waals surface area contributed by atoms with E-state index in [4.69, 9.17) is 11.6 Å². The number of non-ortho nitro benzene ring substituents is 1. The zero-order valence-electron chi connectivity index (χ0n) is 16.1. The summed E-state index contributed by atoms with van der Waals surface area (Å²) in [5.74, 6) is -0.138. The lowest BCUT2D eigenvalue weighted by molar-refractivity contribution is -0.384. The minimum atomic E-state index is -0.443. The van der Waals surface area contributed by atoms with Gasteiger partial charge in [0.2, 0.25) is 0 Å². The predicted octanol–water partition coefficient (Wildman–Crippen LogP) is 3.81. The lowest BCUT2D eigenvalue weighted by Crippen LogP contribution is -2.49. The molecule has 7 nitrogen and oxygen atoms in total. The first-order valence-electron chi connectivity index (χ1n) is 9.86. The molecule has 2 aliphatic heterocycles. The summed E-state index contributed by atoms with van der Waals surface area (Å²) in [7, 11) is 0. The minimum Gasteiger partial charge on any atom is -0.371 e. The lowest BCUT2D eigenvalue weighted by atomic mass is 10.1. The highest BCUT2D eigenvalue weighted by molar-refractivity contribution is 6.30. The highest BCUT2D eigenvalue weighted by Crippen LogP contribution is 2.30. The van der Waals surface area contributed by atoms with E-state index in [1.165, 1.54) is 12.1 Å². The summed E-state index contributed by atoms with van der Waals surface area (Å²) in [6, 6.07) is 12.3. The summed E-state index contributed by atoms with van der Waals surface area (Å²) in [6.07, 6.45) is 2.14. The van der Waals surface area contributed by atoms with Gasteiger partial charge in [-0.2, -0.15) is 0 Å². The number of benzene rings is 2. The fourth-order valence-electron chi connectivity index (χ4n) is 4.05. The minimum absolute atomic E-state index is 0.0474. The molecule has 2 aliphatic rings. The number of hydrogen-bond donors (Lipinski definition) is 0. The van der Waals surface area contributed by atoms with Crippen molar-refractivity contribution in [1.29, 1.82) is 0 Å². The molecule has 4 rings (SSSR count). The van der Waals surface area contributed by atoms with Gasteiger partial charge in [0.05, 0.1) is 16.2 Å². The third-order valence-corrected chi connectivity index (χ3v) is 5.84. The molecule has 8 heteroatoms. The fraction of sp³-hybridized carbons (Fsp3) is 0.381. The van der Waals surface area contributed by atoms with E-state index in [9.17, 15) is 14.9 Å². The molecule has 0 aliphatic carbocycles. The molecule has 2 aromatic carbocycles. The van der Waals surface area contributed by atoms with E-state index in [1.807, 2.05) is 24.3 Å². The van der Waals surface area contributed by atoms with Gasteiger partial charge in [0.25, 0.3) is 11.6 Å². The van der Waals surface area contributed by atoms with Gasteiger partial charge >= 0.3 is 0 Å². The molecule has 0 unspecified atom stereocenters. The van der Waals surface area contributed by atoms with Crippen molar-refractivity contribution in [3.8, 4) is 0 Å². The standard InChI is InChI=1S/C21H23ClN4O3/c22-16-4-3-5-17(14-16)23-10-12-25(13-11-23)21(27)19-15-18(26(28)29)6-7-20(19)24-8-1-2-9-24/h3-7,14-15H,1-2,8-13H2. The lowest BCUT2D eigenvalue weighted by Gasteiger charge is -2.36. The van der Waals surface area contributed by atoms with Crippen LogP contribution < -0.4 is 9.80 Å². The maximum Gasteiger partial charge on any atom is 0.270 e. The molecule has 2 fully saturated rings. The van der Waals surface area contributed by atoms with Crippen LogP contribution in [0.2, 0.25) is 5.02 Å². The first-order chi connectivity index (χ1) is 14.0. The molecule has 0 spiro atoms. The number of anilines is 2. The van der Waals surface area contributed by atoms with Gasteiger partial charge in [-0.1, -0.05) is 17.7 Å². The van der Waals surface area contributed by atoms with Crippen LogP contribution in [-0.4, -0.2) is 55.0 Å². The molecular weight excluding hydrogens is 392 g/mol. The Kier molecular flexibility index (Phi) is 5.58. The van der Waals surface area contributed by atoms with Crippen LogP contribution in [0.15, 0.2) is 42.5 Å². The van der Waals surface area contributed by atoms with Crippen molar-refractivity contribution in [2.45, 2.75) is 12.8 Å². The maximum atomic E-state index is 13.3. The molecule has 29 heavy (non-hydrogen) atoms. The highest BCUT2D eigenvalue weighted by atomic mass is 35.5. The molecule has 152 valence electrons. The van der Waals surface area contributed by atoms with Crippen molar-refractivity contribution >= 4 is 34.6 Å². The largest absolute Gasteiger partial charge is 0.371 e. The van der Waals surface area contributed by atoms with Crippen LogP contribution in [0.25, 0.3) is 0 Å². The molecule has 0 radical (unpaired) electrons. The second-order valence-corrected chi connectivity index (χ2v) is 7.85. The van der Waals surface area contributed by atoms with Gasteiger partial charge in [0.15, 0.2) is 0 Å². The average Bonchev–Trinajstić information content (AvgIpc) is 3.27. The normalized spacial score (nSPS) is 16.9. The number of nitro groups is 1. The molecule has 0 bridgehead atoms. The molecule has 1 amide bonds. The number of halogens is 1. The van der Waals surface area contributed by atoms with Crippen molar-refractivity contribution in [3.63, 3.8) is 0 Å². The van der Waals surface area contributed by atoms with E-state index in [1.54, 1.807) is 11.0 Å². The molecular formula is C21H23ClN4O3. The summed E-state index contributed by atoms with van der Waals surface area (Å²) >= 11 is 6.09. The molecule has 0 N–H and O–H groups in total. The molecule has 2 aromatic rings. The average molecular weight is 415 g/mol. The number of rotatable bonds is 4. The van der Waals surface area contributed by atoms with E-state index in [0.717, 1.165) is 37.3 Å². The van der Waals surface area contributed by atoms with E-state index in [0.29, 0.717) is 36.8 Å². The Labute approximate surface area is 174 Å². The van der Waals surface area contributed by atoms with Gasteiger partial charge in [-0.25, -0.2) is 0 Å². The van der Waals surface area contributed by atoms with Crippen LogP contribution >= 0.6 is 11.6 Å². The number of carbonyl (C=O) groups excluding carboxylic acids is 1. The number of nitrogens with zero attached hydrogens (tertiary/aromatic N) is 4. The van der Waals surface area contributed by atoms with Crippen molar-refractivity contribution in [1.82, 2.24) is 4.90 Å². The zero-order chi connectivity index (χ0) is 20.4. The summed E-state index contributed by atoms with van der Waals surface area (Å²) in [5, 5.41) is 11.9. The third kappa shape index (κ3) is 4.15. The van der Waals surface area contributed by atoms with Crippen LogP contribution in [0.1, 0.15) is 23.2 Å². The van der Waals surface area contributed by atoms with Gasteiger partial charge < -0.3 is 14.7 Å². The monoisotopic (exact) mass is 414 g/mol. The summed E-state index contributed by atoms with van der Waals surface area (Å²) < 4.78 is 0. The van der Waals surface area contributed by atoms with Crippen molar-refractivity contribution < 1.29 is 9.72 Å². The van der Waals surface area contributed by atoms with Gasteiger partial charge in [-0.05, 0) is 37.1 Å². The Morgan fingerprint density at radius 3 is 2.31 bits per heavy atom. The van der Waals surface area contributed by atoms with Gasteiger partial charge in [0, 0.05) is 62.1 Å². The zero-order valence-corrected chi connectivity index (χ0v) is 16.8. The summed E-state index contributed by atoms with van der Waals surface area (Å²) in [4.78, 5) is 30.2. The quantitative estimate of drug-likeness (QED) is 0.562. The second kappa shape index (κ2) is 8.29. The third-order valence-electron chi connectivity index (χ3n) is 5.61. The fourth-order valence-corrected chi connectivity index (χ4v) is 4.24. The number of carbonyl (C=O) groups is 1. The molecule has 0 aromatic heterocycles. The summed E-state index contributed by atoms with van der Waals surface area (Å²) in [6.45, 7) is 4.27. The molecule has 0 saturated carbocycles. The first kappa shape index (κ1) is 19.5. The van der Waals surface area contributed by atoms with Gasteiger partial charge in [0.1, 0.15) is 0 Å². The number of hydrogen-bond acceptors (Lipinski definition) is 5. The van der Waals surface area contributed by atoms with Crippen molar-refractivity contribution in [3.05, 3.63) is 63.2 Å². The Balaban J connectivity index is 1.53. The van der Waals surface area contributed by atoms with Gasteiger partial charge in [-0.15, -0.1) is 0 Å². The van der Waals surface area contributed by atoms with Crippen LogP contribution in [0.4, 0.5) is 17.1 Å². The smallest absolute Gasteiger partial charge is 0.270 e. The van der Waals surface area contributed by atoms with Crippen LogP contribution in [0.5, 0.6) is 0 Å². The second-order valence-electron chi connectivity index (χ2n) is 7.41. The van der Waals surface area contributed by atoms with Crippen molar-refractivity contribution in [2.24, 2.45) is 0 Å². The van der Waals surface area contributed by atoms with E-state index in [2.05, 4.69) is 9.80 Å². The SMILES string of the molecule is O=C(c1cc([N+](=O)[O-])ccc1N1CCCC1)N1CCN(c2cccc(Cl)c2)CC1. The molecule has 2 heterocycles. The number of nitro benzene ring substituents is 1. The summed E-state index contributed by atoms with van der Waals surface area (Å²) in [5.41, 5.74) is 2.22. The Morgan fingerprint density at radius 2 is 1.66 bits per heavy atom. The predicted molar refractivity (Wildman–Crippen MR) is 114 cm³/mol. The van der Waals surface area contributed by atoms with Gasteiger partial charge in [-0.3, -0.25) is 14.9 Å². The van der Waals surface area contributed by atoms with E-state index in [-0.39, 0.29) is 11.6 Å². The number of amides is 1. The van der Waals surface area contributed by atoms with E-state index < -0.39 is 4.92 Å². The van der Waals surface area contributed by atoms with E-state index >= 15 is 0 Å². The Hall–Kier alpha value is -2.80. The molecule has 2 saturated heterocycles. The maximum absolute atomic E-state index is 13.3. The number of piperazine rings is 1.